The van der Waals surface area contributed by atoms with Gasteiger partial charge in [0.2, 0.25) is 5.91 Å². The van der Waals surface area contributed by atoms with Crippen molar-refractivity contribution in [1.82, 2.24) is 5.32 Å². The Kier molecular flexibility index (Phi) is 69.9. The molecule has 0 heterocycles. The van der Waals surface area contributed by atoms with Crippen LogP contribution in [0.3, 0.4) is 0 Å². The van der Waals surface area contributed by atoms with Crippen molar-refractivity contribution >= 4 is 11.9 Å². The monoisotopic (exact) mass is 1140 g/mol. The molecule has 3 N–H and O–H groups in total. The highest BCUT2D eigenvalue weighted by atomic mass is 16.5. The summed E-state index contributed by atoms with van der Waals surface area (Å²) >= 11 is 0. The number of ether oxygens (including phenoxy) is 1. The van der Waals surface area contributed by atoms with Crippen molar-refractivity contribution in [2.45, 2.75) is 443 Å². The van der Waals surface area contributed by atoms with E-state index in [2.05, 4.69) is 31.3 Å². The zero-order valence-corrected chi connectivity index (χ0v) is 55.3. The molecule has 0 radical (unpaired) electrons. The van der Waals surface area contributed by atoms with Gasteiger partial charge in [-0.15, -0.1) is 0 Å². The quantitative estimate of drug-likeness (QED) is 0.0320. The van der Waals surface area contributed by atoms with Crippen LogP contribution in [0.25, 0.3) is 0 Å². The second kappa shape index (κ2) is 71.1. The molecule has 1 amide bonds. The summed E-state index contributed by atoms with van der Waals surface area (Å²) in [4.78, 5) is 24.5. The van der Waals surface area contributed by atoms with Crippen molar-refractivity contribution in [2.24, 2.45) is 0 Å². The number of hydrogen-bond donors (Lipinski definition) is 3. The fourth-order valence-electron chi connectivity index (χ4n) is 12.1. The van der Waals surface area contributed by atoms with E-state index in [1.807, 2.05) is 0 Å². The Labute approximate surface area is 508 Å². The van der Waals surface area contributed by atoms with Gasteiger partial charge in [-0.1, -0.05) is 386 Å². The molecule has 2 atom stereocenters. The molecule has 0 aliphatic rings. The minimum atomic E-state index is -0.660. The predicted octanol–water partition coefficient (Wildman–Crippen LogP) is 24.3. The van der Waals surface area contributed by atoms with E-state index < -0.39 is 12.1 Å². The van der Waals surface area contributed by atoms with E-state index in [0.717, 1.165) is 44.9 Å². The molecule has 2 unspecified atom stereocenters. The number of unbranched alkanes of at least 4 members (excludes halogenated alkanes) is 58. The molecule has 0 rings (SSSR count). The molecule has 81 heavy (non-hydrogen) atoms. The van der Waals surface area contributed by atoms with E-state index >= 15 is 0 Å². The third kappa shape index (κ3) is 67.6. The number of nitrogens with one attached hydrogen (secondary N) is 1. The molecule has 0 bridgehead atoms. The highest BCUT2D eigenvalue weighted by molar-refractivity contribution is 5.76. The molecule has 6 heteroatoms. The van der Waals surface area contributed by atoms with Gasteiger partial charge in [-0.25, -0.2) is 0 Å². The summed E-state index contributed by atoms with van der Waals surface area (Å²) in [5.41, 5.74) is 0. The van der Waals surface area contributed by atoms with Crippen molar-refractivity contribution in [2.75, 3.05) is 13.2 Å². The first kappa shape index (κ1) is 79.6. The second-order valence-corrected chi connectivity index (χ2v) is 26.0. The summed E-state index contributed by atoms with van der Waals surface area (Å²) in [5.74, 6) is -0.0127. The lowest BCUT2D eigenvalue weighted by Gasteiger charge is -2.22. The maximum atomic E-state index is 12.5. The second-order valence-electron chi connectivity index (χ2n) is 26.0. The molecule has 0 aromatic carbocycles. The van der Waals surface area contributed by atoms with Crippen molar-refractivity contribution in [3.05, 3.63) is 12.2 Å². The first-order chi connectivity index (χ1) is 40.0. The number of esters is 1. The average Bonchev–Trinajstić information content (AvgIpc) is 3.47. The van der Waals surface area contributed by atoms with Gasteiger partial charge in [0, 0.05) is 12.8 Å². The summed E-state index contributed by atoms with van der Waals surface area (Å²) < 4.78 is 5.47. The van der Waals surface area contributed by atoms with Gasteiger partial charge in [0.05, 0.1) is 25.4 Å². The topological polar surface area (TPSA) is 95.9 Å². The number of amides is 1. The van der Waals surface area contributed by atoms with Crippen LogP contribution in [0.5, 0.6) is 0 Å². The average molecular weight is 1140 g/mol. The van der Waals surface area contributed by atoms with Gasteiger partial charge in [-0.2, -0.15) is 0 Å². The highest BCUT2D eigenvalue weighted by Gasteiger charge is 2.20. The number of allylic oxidation sites excluding steroid dienone is 2. The van der Waals surface area contributed by atoms with Gasteiger partial charge >= 0.3 is 5.97 Å². The van der Waals surface area contributed by atoms with Gasteiger partial charge in [-0.05, 0) is 44.9 Å². The van der Waals surface area contributed by atoms with Crippen LogP contribution in [0.4, 0.5) is 0 Å². The molecule has 0 spiro atoms. The summed E-state index contributed by atoms with van der Waals surface area (Å²) in [6.07, 6.45) is 88.7. The van der Waals surface area contributed by atoms with Crippen LogP contribution in [-0.4, -0.2) is 47.4 Å². The first-order valence-electron chi connectivity index (χ1n) is 37.4. The lowest BCUT2D eigenvalue weighted by molar-refractivity contribution is -0.143. The van der Waals surface area contributed by atoms with Crippen LogP contribution >= 0.6 is 0 Å². The molecule has 482 valence electrons. The van der Waals surface area contributed by atoms with Crippen LogP contribution < -0.4 is 5.32 Å². The maximum absolute atomic E-state index is 12.5. The molecule has 0 fully saturated rings. The Hall–Kier alpha value is -1.40. The zero-order valence-electron chi connectivity index (χ0n) is 55.3. The summed E-state index contributed by atoms with van der Waals surface area (Å²) in [7, 11) is 0. The predicted molar refractivity (Wildman–Crippen MR) is 357 cm³/mol. The highest BCUT2D eigenvalue weighted by Crippen LogP contribution is 2.20. The first-order valence-corrected chi connectivity index (χ1v) is 37.4. The minimum Gasteiger partial charge on any atom is -0.466 e. The fourth-order valence-corrected chi connectivity index (χ4v) is 12.1. The van der Waals surface area contributed by atoms with E-state index in [4.69, 9.17) is 4.74 Å². The van der Waals surface area contributed by atoms with E-state index in [1.54, 1.807) is 0 Å². The van der Waals surface area contributed by atoms with Gasteiger partial charge in [0.1, 0.15) is 0 Å². The van der Waals surface area contributed by atoms with Crippen molar-refractivity contribution in [3.8, 4) is 0 Å². The molecule has 0 saturated carbocycles. The molecule has 0 aromatic heterocycles. The summed E-state index contributed by atoms with van der Waals surface area (Å²) in [6.45, 7) is 4.96. The van der Waals surface area contributed by atoms with E-state index in [-0.39, 0.29) is 18.5 Å². The van der Waals surface area contributed by atoms with E-state index in [1.165, 1.54) is 353 Å². The summed E-state index contributed by atoms with van der Waals surface area (Å²) in [5, 5.41) is 23.4. The Balaban J connectivity index is 3.31. The Morgan fingerprint density at radius 3 is 0.914 bits per heavy atom. The van der Waals surface area contributed by atoms with Crippen LogP contribution in [0.15, 0.2) is 12.2 Å². The smallest absolute Gasteiger partial charge is 0.305 e. The molecule has 6 nitrogen and oxygen atoms in total. The maximum Gasteiger partial charge on any atom is 0.305 e. The molecule has 0 aliphatic heterocycles. The van der Waals surface area contributed by atoms with Crippen LogP contribution in [0, 0.1) is 0 Å². The summed E-state index contributed by atoms with van der Waals surface area (Å²) in [6, 6.07) is -0.537. The SMILES string of the molecule is CCCC/C=C\CCCCCCCC(=O)OCCCCCCCCCCCCCCCCCCCCCCCCCCCCCCCCCCCCCC(=O)NC(CO)C(O)CCCCCCCCCCCCCCCCCCCC. The van der Waals surface area contributed by atoms with Gasteiger partial charge in [-0.3, -0.25) is 9.59 Å². The van der Waals surface area contributed by atoms with Crippen LogP contribution in [0.1, 0.15) is 431 Å². The van der Waals surface area contributed by atoms with Crippen molar-refractivity contribution < 1.29 is 24.5 Å². The number of aliphatic hydroxyl groups excluding tert-OH is 2. The molecular formula is C75H147NO5. The zero-order chi connectivity index (χ0) is 58.5. The van der Waals surface area contributed by atoms with Crippen molar-refractivity contribution in [3.63, 3.8) is 0 Å². The number of aliphatic hydroxyl groups is 2. The number of carbonyl (C=O) groups is 2. The van der Waals surface area contributed by atoms with E-state index in [9.17, 15) is 19.8 Å². The van der Waals surface area contributed by atoms with Crippen molar-refractivity contribution in [1.29, 1.82) is 0 Å². The Bertz CT molecular complexity index is 1220. The number of carbonyl (C=O) groups excluding carboxylic acids is 2. The molecule has 0 aliphatic carbocycles. The van der Waals surface area contributed by atoms with Gasteiger partial charge < -0.3 is 20.3 Å². The fraction of sp³-hybridized carbons (Fsp3) is 0.947. The largest absolute Gasteiger partial charge is 0.466 e. The van der Waals surface area contributed by atoms with Gasteiger partial charge in [0.25, 0.3) is 0 Å². The normalized spacial score (nSPS) is 12.5. The Morgan fingerprint density at radius 1 is 0.333 bits per heavy atom. The number of hydrogen-bond acceptors (Lipinski definition) is 5. The van der Waals surface area contributed by atoms with Gasteiger partial charge in [0.15, 0.2) is 0 Å². The van der Waals surface area contributed by atoms with Crippen LogP contribution in [0.2, 0.25) is 0 Å². The standard InChI is InChI=1S/C75H147NO5/c1-3-5-7-9-11-13-15-16-17-18-38-41-44-48-51-55-59-63-67-73(78)72(71-77)76-74(79)68-64-60-56-52-49-45-42-39-36-34-32-30-28-26-24-22-20-19-21-23-25-27-29-31-33-35-37-40-43-46-50-54-58-62-66-70-81-75(80)69-65-61-57-53-47-14-12-10-8-6-4-2/h10,12,72-73,77-78H,3-9,11,13-71H2,1-2H3,(H,76,79)/b12-10-. The molecule has 0 saturated heterocycles. The van der Waals surface area contributed by atoms with E-state index in [0.29, 0.717) is 25.9 Å². The number of rotatable bonds is 71. The third-order valence-corrected chi connectivity index (χ3v) is 17.8. The van der Waals surface area contributed by atoms with Crippen LogP contribution in [-0.2, 0) is 14.3 Å². The molecular weight excluding hydrogens is 995 g/mol. The Morgan fingerprint density at radius 2 is 0.593 bits per heavy atom. The lowest BCUT2D eigenvalue weighted by atomic mass is 10.0. The lowest BCUT2D eigenvalue weighted by Crippen LogP contribution is -2.45. The third-order valence-electron chi connectivity index (χ3n) is 17.8. The minimum absolute atomic E-state index is 0.0123. The molecule has 0 aromatic rings.